The maximum Gasteiger partial charge on any atom is 0.116 e. The van der Waals surface area contributed by atoms with Crippen molar-refractivity contribution in [1.29, 1.82) is 0 Å². The Balaban J connectivity index is 2.90. The highest BCUT2D eigenvalue weighted by molar-refractivity contribution is 6.81. The molecule has 0 saturated heterocycles. The van der Waals surface area contributed by atoms with Crippen LogP contribution in [0.15, 0.2) is 54.9 Å². The number of hydrogen-bond acceptors (Lipinski definition) is 0. The van der Waals surface area contributed by atoms with E-state index >= 15 is 0 Å². The van der Waals surface area contributed by atoms with Gasteiger partial charge in [0.2, 0.25) is 0 Å². The van der Waals surface area contributed by atoms with Gasteiger partial charge in [0.05, 0.1) is 0 Å². The van der Waals surface area contributed by atoms with Gasteiger partial charge in [-0.1, -0.05) is 46.9 Å². The van der Waals surface area contributed by atoms with E-state index in [2.05, 4.69) is 37.4 Å². The van der Waals surface area contributed by atoms with Crippen LogP contribution in [0.5, 0.6) is 0 Å². The van der Waals surface area contributed by atoms with Gasteiger partial charge in [-0.25, -0.2) is 0 Å². The first-order valence-electron chi connectivity index (χ1n) is 3.68. The summed E-state index contributed by atoms with van der Waals surface area (Å²) in [6, 6.07) is 10.4. The zero-order valence-electron chi connectivity index (χ0n) is 6.53. The van der Waals surface area contributed by atoms with E-state index in [1.807, 2.05) is 17.5 Å². The van der Waals surface area contributed by atoms with Crippen LogP contribution in [0.4, 0.5) is 0 Å². The van der Waals surface area contributed by atoms with Crippen LogP contribution >= 0.6 is 0 Å². The molecule has 1 aromatic carbocycles. The summed E-state index contributed by atoms with van der Waals surface area (Å²) in [6.45, 7) is 7.60. The van der Waals surface area contributed by atoms with Gasteiger partial charge in [-0.2, -0.15) is 0 Å². The fraction of sp³-hybridized carbons (Fsp3) is 0. The molecule has 0 nitrogen and oxygen atoms in total. The van der Waals surface area contributed by atoms with Crippen molar-refractivity contribution in [2.45, 2.75) is 0 Å². The lowest BCUT2D eigenvalue weighted by atomic mass is 10.4. The summed E-state index contributed by atoms with van der Waals surface area (Å²) in [5, 5.41) is 1.39. The van der Waals surface area contributed by atoms with Crippen LogP contribution in [-0.4, -0.2) is 8.80 Å². The van der Waals surface area contributed by atoms with E-state index in [1.54, 1.807) is 0 Å². The number of rotatable bonds is 3. The summed E-state index contributed by atoms with van der Waals surface area (Å²) >= 11 is 0. The van der Waals surface area contributed by atoms with Gasteiger partial charge in [0.25, 0.3) is 0 Å². The number of benzene rings is 1. The fourth-order valence-electron chi connectivity index (χ4n) is 1.04. The molecule has 0 aliphatic rings. The highest BCUT2D eigenvalue weighted by Gasteiger charge is 2.01. The van der Waals surface area contributed by atoms with Crippen LogP contribution < -0.4 is 5.19 Å². The second-order valence-electron chi connectivity index (χ2n) is 2.41. The molecule has 0 unspecified atom stereocenters. The van der Waals surface area contributed by atoms with Crippen molar-refractivity contribution in [3.63, 3.8) is 0 Å². The lowest BCUT2D eigenvalue weighted by Crippen LogP contribution is -2.24. The molecule has 0 heterocycles. The van der Waals surface area contributed by atoms with Gasteiger partial charge < -0.3 is 0 Å². The van der Waals surface area contributed by atoms with Crippen molar-refractivity contribution in [3.8, 4) is 0 Å². The lowest BCUT2D eigenvalue weighted by molar-refractivity contribution is 1.76. The molecule has 1 heteroatoms. The van der Waals surface area contributed by atoms with Crippen LogP contribution in [0.2, 0.25) is 0 Å². The van der Waals surface area contributed by atoms with Crippen molar-refractivity contribution in [2.24, 2.45) is 0 Å². The van der Waals surface area contributed by atoms with Crippen molar-refractivity contribution in [3.05, 3.63) is 54.9 Å². The van der Waals surface area contributed by atoms with Crippen molar-refractivity contribution in [1.82, 2.24) is 0 Å². The third-order valence-corrected chi connectivity index (χ3v) is 3.86. The number of hydrogen-bond donors (Lipinski definition) is 0. The Morgan fingerprint density at radius 1 is 1.00 bits per heavy atom. The molecule has 0 amide bonds. The van der Waals surface area contributed by atoms with Gasteiger partial charge in [-0.15, -0.1) is 13.2 Å². The van der Waals surface area contributed by atoms with Crippen LogP contribution in [0.25, 0.3) is 0 Å². The maximum atomic E-state index is 3.80. The molecule has 0 radical (unpaired) electrons. The highest BCUT2D eigenvalue weighted by atomic mass is 28.3. The monoisotopic (exact) mass is 160 g/mol. The third kappa shape index (κ3) is 1.92. The molecule has 1 aromatic rings. The van der Waals surface area contributed by atoms with E-state index in [9.17, 15) is 0 Å². The van der Waals surface area contributed by atoms with Crippen LogP contribution in [0.3, 0.4) is 0 Å². The predicted molar refractivity (Wildman–Crippen MR) is 53.6 cm³/mol. The highest BCUT2D eigenvalue weighted by Crippen LogP contribution is 1.89. The summed E-state index contributed by atoms with van der Waals surface area (Å²) in [5.74, 6) is 0. The van der Waals surface area contributed by atoms with Crippen LogP contribution in [0, 0.1) is 0 Å². The molecule has 56 valence electrons. The zero-order valence-corrected chi connectivity index (χ0v) is 7.69. The van der Waals surface area contributed by atoms with E-state index in [1.165, 1.54) is 5.19 Å². The van der Waals surface area contributed by atoms with Gasteiger partial charge in [0, 0.05) is 0 Å². The molecule has 0 spiro atoms. The smallest absolute Gasteiger partial charge is 0.107 e. The normalized spacial score (nSPS) is 9.55. The Morgan fingerprint density at radius 2 is 1.55 bits per heavy atom. The Morgan fingerprint density at radius 3 is 2.00 bits per heavy atom. The molecule has 0 fully saturated rings. The molecule has 11 heavy (non-hydrogen) atoms. The van der Waals surface area contributed by atoms with Crippen molar-refractivity contribution >= 4 is 14.0 Å². The molecular formula is C10H12Si. The summed E-state index contributed by atoms with van der Waals surface area (Å²) in [4.78, 5) is 0. The molecule has 0 aliphatic heterocycles. The van der Waals surface area contributed by atoms with Crippen LogP contribution in [0.1, 0.15) is 0 Å². The average Bonchev–Trinajstić information content (AvgIpc) is 2.09. The minimum Gasteiger partial charge on any atom is -0.107 e. The first-order chi connectivity index (χ1) is 5.38. The SMILES string of the molecule is C=C[SiH](C=C)c1ccccc1. The molecule has 0 saturated carbocycles. The van der Waals surface area contributed by atoms with Gasteiger partial charge in [0.1, 0.15) is 8.80 Å². The molecule has 1 rings (SSSR count). The standard InChI is InChI=1S/C10H12Si/c1-3-11(4-2)10-8-6-5-7-9-10/h3-9,11H,1-2H2. The van der Waals surface area contributed by atoms with Crippen LogP contribution in [-0.2, 0) is 0 Å². The zero-order chi connectivity index (χ0) is 8.10. The first kappa shape index (κ1) is 8.02. The maximum absolute atomic E-state index is 3.80. The molecule has 0 N–H and O–H groups in total. The van der Waals surface area contributed by atoms with E-state index in [-0.39, 0.29) is 0 Å². The minimum atomic E-state index is -1.02. The summed E-state index contributed by atoms with van der Waals surface area (Å²) < 4.78 is 0. The van der Waals surface area contributed by atoms with Gasteiger partial charge >= 0.3 is 0 Å². The Labute approximate surface area is 69.5 Å². The van der Waals surface area contributed by atoms with E-state index < -0.39 is 8.80 Å². The summed E-state index contributed by atoms with van der Waals surface area (Å²) in [5.41, 5.74) is 4.06. The molecule has 0 bridgehead atoms. The van der Waals surface area contributed by atoms with Gasteiger partial charge in [-0.05, 0) is 0 Å². The second kappa shape index (κ2) is 3.94. The molecule has 0 atom stereocenters. The summed E-state index contributed by atoms with van der Waals surface area (Å²) in [7, 11) is -1.02. The third-order valence-electron chi connectivity index (χ3n) is 1.69. The average molecular weight is 160 g/mol. The summed E-state index contributed by atoms with van der Waals surface area (Å²) in [6.07, 6.45) is 0. The largest absolute Gasteiger partial charge is 0.116 e. The van der Waals surface area contributed by atoms with Gasteiger partial charge in [0.15, 0.2) is 0 Å². The van der Waals surface area contributed by atoms with E-state index in [0.717, 1.165) is 0 Å². The van der Waals surface area contributed by atoms with Gasteiger partial charge in [-0.3, -0.25) is 0 Å². The lowest BCUT2D eigenvalue weighted by Gasteiger charge is -2.03. The Kier molecular flexibility index (Phi) is 2.87. The van der Waals surface area contributed by atoms with E-state index in [4.69, 9.17) is 0 Å². The topological polar surface area (TPSA) is 0 Å². The quantitative estimate of drug-likeness (QED) is 0.589. The molecular weight excluding hydrogens is 148 g/mol. The second-order valence-corrected chi connectivity index (χ2v) is 5.07. The molecule has 0 aliphatic carbocycles. The predicted octanol–water partition coefficient (Wildman–Crippen LogP) is 1.57. The Bertz CT molecular complexity index is 230. The minimum absolute atomic E-state index is 1.02. The van der Waals surface area contributed by atoms with Crippen molar-refractivity contribution in [2.75, 3.05) is 0 Å². The van der Waals surface area contributed by atoms with Crippen molar-refractivity contribution < 1.29 is 0 Å². The first-order valence-corrected chi connectivity index (χ1v) is 5.59. The Hall–Kier alpha value is -1.08. The fourth-order valence-corrected chi connectivity index (χ4v) is 2.45. The van der Waals surface area contributed by atoms with E-state index in [0.29, 0.717) is 0 Å². The molecule has 0 aromatic heterocycles.